The van der Waals surface area contributed by atoms with Crippen LogP contribution in [0.5, 0.6) is 0 Å². The molecule has 0 saturated heterocycles. The van der Waals surface area contributed by atoms with E-state index < -0.39 is 0 Å². The van der Waals surface area contributed by atoms with Crippen molar-refractivity contribution in [3.05, 3.63) is 77.3 Å². The van der Waals surface area contributed by atoms with Gasteiger partial charge in [-0.25, -0.2) is 9.67 Å². The molecular weight excluding hydrogens is 326 g/mol. The monoisotopic (exact) mass is 337 g/mol. The van der Waals surface area contributed by atoms with Gasteiger partial charge in [-0.2, -0.15) is 10.4 Å². The van der Waals surface area contributed by atoms with E-state index in [9.17, 15) is 10.1 Å². The van der Waals surface area contributed by atoms with E-state index in [1.807, 2.05) is 0 Å². The van der Waals surface area contributed by atoms with Gasteiger partial charge < -0.3 is 0 Å². The van der Waals surface area contributed by atoms with E-state index in [0.717, 1.165) is 0 Å². The SMILES string of the molecule is N#Cc1ccccc1N(Cn1cncn1)C(=O)c1ccc(Cl)cc1. The summed E-state index contributed by atoms with van der Waals surface area (Å²) in [7, 11) is 0. The smallest absolute Gasteiger partial charge is 0.259 e. The Morgan fingerprint density at radius 1 is 1.21 bits per heavy atom. The van der Waals surface area contributed by atoms with Crippen molar-refractivity contribution >= 4 is 23.2 Å². The minimum atomic E-state index is -0.259. The molecule has 1 amide bonds. The first kappa shape index (κ1) is 15.7. The number of nitrogens with zero attached hydrogens (tertiary/aromatic N) is 5. The Hall–Kier alpha value is -3.17. The van der Waals surface area contributed by atoms with Gasteiger partial charge in [-0.3, -0.25) is 9.69 Å². The molecule has 3 aromatic rings. The van der Waals surface area contributed by atoms with Crippen LogP contribution >= 0.6 is 11.6 Å². The summed E-state index contributed by atoms with van der Waals surface area (Å²) in [4.78, 5) is 18.3. The van der Waals surface area contributed by atoms with Crippen molar-refractivity contribution in [1.82, 2.24) is 14.8 Å². The number of hydrogen-bond donors (Lipinski definition) is 0. The molecule has 6 nitrogen and oxygen atoms in total. The molecule has 0 unspecified atom stereocenters. The Morgan fingerprint density at radius 2 is 1.96 bits per heavy atom. The summed E-state index contributed by atoms with van der Waals surface area (Å²) in [6.07, 6.45) is 2.90. The van der Waals surface area contributed by atoms with Crippen LogP contribution in [-0.2, 0) is 6.67 Å². The summed E-state index contributed by atoms with van der Waals surface area (Å²) in [6.45, 7) is 0.139. The number of rotatable bonds is 4. The van der Waals surface area contributed by atoms with Crippen LogP contribution in [0, 0.1) is 11.3 Å². The molecule has 7 heteroatoms. The number of anilines is 1. The molecule has 0 aliphatic carbocycles. The highest BCUT2D eigenvalue weighted by Gasteiger charge is 2.21. The standard InChI is InChI=1S/C17H12ClN5O/c18-15-7-5-13(6-8-15)17(24)23(12-22-11-20-10-21-22)16-4-2-1-3-14(16)9-19/h1-8,10-11H,12H2. The molecule has 0 aliphatic heterocycles. The summed E-state index contributed by atoms with van der Waals surface area (Å²) < 4.78 is 1.52. The zero-order chi connectivity index (χ0) is 16.9. The maximum atomic E-state index is 13.0. The first-order valence-electron chi connectivity index (χ1n) is 7.08. The Kier molecular flexibility index (Phi) is 4.54. The minimum absolute atomic E-state index is 0.139. The van der Waals surface area contributed by atoms with Gasteiger partial charge in [0.25, 0.3) is 5.91 Å². The molecule has 2 aromatic carbocycles. The number of carbonyl (C=O) groups excluding carboxylic acids is 1. The van der Waals surface area contributed by atoms with E-state index in [2.05, 4.69) is 16.2 Å². The Labute approximate surface area is 143 Å². The lowest BCUT2D eigenvalue weighted by molar-refractivity contribution is 0.0978. The molecule has 0 aliphatic rings. The van der Waals surface area contributed by atoms with Gasteiger partial charge in [0.1, 0.15) is 25.4 Å². The van der Waals surface area contributed by atoms with Gasteiger partial charge in [-0.05, 0) is 36.4 Å². The van der Waals surface area contributed by atoms with Crippen LogP contribution in [0.4, 0.5) is 5.69 Å². The highest BCUT2D eigenvalue weighted by Crippen LogP contribution is 2.23. The van der Waals surface area contributed by atoms with Gasteiger partial charge in [-0.1, -0.05) is 23.7 Å². The molecule has 0 radical (unpaired) electrons. The van der Waals surface area contributed by atoms with Crippen molar-refractivity contribution in [3.63, 3.8) is 0 Å². The highest BCUT2D eigenvalue weighted by atomic mass is 35.5. The largest absolute Gasteiger partial charge is 0.287 e. The molecule has 0 bridgehead atoms. The summed E-state index contributed by atoms with van der Waals surface area (Å²) in [5, 5.41) is 13.9. The van der Waals surface area contributed by atoms with Crippen molar-refractivity contribution < 1.29 is 4.79 Å². The molecule has 1 heterocycles. The van der Waals surface area contributed by atoms with Crippen molar-refractivity contribution in [3.8, 4) is 6.07 Å². The predicted octanol–water partition coefficient (Wildman–Crippen LogP) is 3.11. The number of amides is 1. The number of halogens is 1. The fourth-order valence-corrected chi connectivity index (χ4v) is 2.38. The summed E-state index contributed by atoms with van der Waals surface area (Å²) in [5.74, 6) is -0.259. The lowest BCUT2D eigenvalue weighted by Crippen LogP contribution is -2.33. The fraction of sp³-hybridized carbons (Fsp3) is 0.0588. The molecule has 24 heavy (non-hydrogen) atoms. The Balaban J connectivity index is 2.03. The second-order valence-electron chi connectivity index (χ2n) is 4.95. The van der Waals surface area contributed by atoms with Gasteiger partial charge >= 0.3 is 0 Å². The molecule has 0 atom stereocenters. The van der Waals surface area contributed by atoms with E-state index >= 15 is 0 Å². The lowest BCUT2D eigenvalue weighted by Gasteiger charge is -2.23. The maximum absolute atomic E-state index is 13.0. The summed E-state index contributed by atoms with van der Waals surface area (Å²) in [5.41, 5.74) is 1.38. The number of benzene rings is 2. The van der Waals surface area contributed by atoms with Crippen molar-refractivity contribution in [2.45, 2.75) is 6.67 Å². The predicted molar refractivity (Wildman–Crippen MR) is 89.4 cm³/mol. The molecule has 1 aromatic heterocycles. The summed E-state index contributed by atoms with van der Waals surface area (Å²) >= 11 is 5.89. The normalized spacial score (nSPS) is 10.2. The van der Waals surface area contributed by atoms with E-state index in [0.29, 0.717) is 21.8 Å². The van der Waals surface area contributed by atoms with E-state index in [4.69, 9.17) is 11.6 Å². The molecule has 0 N–H and O–H groups in total. The van der Waals surface area contributed by atoms with Crippen LogP contribution < -0.4 is 4.90 Å². The average molecular weight is 338 g/mol. The zero-order valence-corrected chi connectivity index (χ0v) is 13.3. The fourth-order valence-electron chi connectivity index (χ4n) is 2.25. The third kappa shape index (κ3) is 3.26. The van der Waals surface area contributed by atoms with Gasteiger partial charge in [0, 0.05) is 10.6 Å². The molecule has 0 fully saturated rings. The second-order valence-corrected chi connectivity index (χ2v) is 5.38. The quantitative estimate of drug-likeness (QED) is 0.733. The number of aromatic nitrogens is 3. The Morgan fingerprint density at radius 3 is 2.62 bits per heavy atom. The first-order chi connectivity index (χ1) is 11.7. The zero-order valence-electron chi connectivity index (χ0n) is 12.5. The van der Waals surface area contributed by atoms with E-state index in [1.165, 1.54) is 22.2 Å². The number of carbonyl (C=O) groups is 1. The number of nitriles is 1. The van der Waals surface area contributed by atoms with Crippen LogP contribution in [0.3, 0.4) is 0 Å². The van der Waals surface area contributed by atoms with Crippen LogP contribution in [0.2, 0.25) is 5.02 Å². The number of hydrogen-bond acceptors (Lipinski definition) is 4. The van der Waals surface area contributed by atoms with Crippen LogP contribution in [0.15, 0.2) is 61.2 Å². The first-order valence-corrected chi connectivity index (χ1v) is 7.46. The topological polar surface area (TPSA) is 74.8 Å². The van der Waals surface area contributed by atoms with Crippen molar-refractivity contribution in [2.24, 2.45) is 0 Å². The van der Waals surface area contributed by atoms with Gasteiger partial charge in [0.05, 0.1) is 11.3 Å². The van der Waals surface area contributed by atoms with E-state index in [1.54, 1.807) is 48.5 Å². The minimum Gasteiger partial charge on any atom is -0.287 e. The van der Waals surface area contributed by atoms with Gasteiger partial charge in [-0.15, -0.1) is 0 Å². The molecule has 0 saturated carbocycles. The highest BCUT2D eigenvalue weighted by molar-refractivity contribution is 6.30. The number of para-hydroxylation sites is 1. The van der Waals surface area contributed by atoms with Gasteiger partial charge in [0.2, 0.25) is 0 Å². The third-order valence-corrected chi connectivity index (χ3v) is 3.66. The Bertz CT molecular complexity index is 884. The average Bonchev–Trinajstić information content (AvgIpc) is 3.13. The van der Waals surface area contributed by atoms with Crippen LogP contribution in [-0.4, -0.2) is 20.7 Å². The molecular formula is C17H12ClN5O. The second kappa shape index (κ2) is 6.94. The lowest BCUT2D eigenvalue weighted by atomic mass is 10.1. The molecule has 0 spiro atoms. The van der Waals surface area contributed by atoms with Crippen molar-refractivity contribution in [2.75, 3.05) is 4.90 Å². The maximum Gasteiger partial charge on any atom is 0.259 e. The van der Waals surface area contributed by atoms with Crippen molar-refractivity contribution in [1.29, 1.82) is 5.26 Å². The summed E-state index contributed by atoms with van der Waals surface area (Å²) in [6, 6.07) is 15.6. The molecule has 3 rings (SSSR count). The molecule has 118 valence electrons. The van der Waals surface area contributed by atoms with Crippen LogP contribution in [0.25, 0.3) is 0 Å². The third-order valence-electron chi connectivity index (χ3n) is 3.40. The van der Waals surface area contributed by atoms with E-state index in [-0.39, 0.29) is 12.6 Å². The van der Waals surface area contributed by atoms with Crippen LogP contribution in [0.1, 0.15) is 15.9 Å². The van der Waals surface area contributed by atoms with Gasteiger partial charge in [0.15, 0.2) is 0 Å².